The van der Waals surface area contributed by atoms with Crippen molar-refractivity contribution in [2.45, 2.75) is 24.7 Å². The smallest absolute Gasteiger partial charge is 0.295 e. The molecule has 0 unspecified atom stereocenters. The zero-order valence-electron chi connectivity index (χ0n) is 11.9. The van der Waals surface area contributed by atoms with Crippen molar-refractivity contribution in [3.63, 3.8) is 0 Å². The molecule has 1 heterocycles. The molecule has 7 nitrogen and oxygen atoms in total. The van der Waals surface area contributed by atoms with Crippen molar-refractivity contribution in [2.24, 2.45) is 0 Å². The van der Waals surface area contributed by atoms with Gasteiger partial charge in [-0.2, -0.15) is 0 Å². The Balaban J connectivity index is 2.28. The number of amides is 1. The second-order valence-corrected chi connectivity index (χ2v) is 6.91. The largest absolute Gasteiger partial charge is 0.318 e. The molecule has 0 atom stereocenters. The first-order chi connectivity index (χ1) is 9.79. The van der Waals surface area contributed by atoms with E-state index >= 15 is 0 Å². The van der Waals surface area contributed by atoms with E-state index in [0.717, 1.165) is 6.26 Å². The number of hydrogen-bond donors (Lipinski definition) is 2. The van der Waals surface area contributed by atoms with Gasteiger partial charge >= 0.3 is 0 Å². The molecule has 1 aromatic carbocycles. The van der Waals surface area contributed by atoms with Crippen molar-refractivity contribution < 1.29 is 13.2 Å². The highest BCUT2D eigenvalue weighted by molar-refractivity contribution is 7.90. The van der Waals surface area contributed by atoms with Crippen molar-refractivity contribution in [1.82, 2.24) is 15.2 Å². The molecule has 1 aromatic heterocycles. The highest BCUT2D eigenvalue weighted by Gasteiger charge is 2.18. The zero-order chi connectivity index (χ0) is 15.6. The topological polar surface area (TPSA) is 105 Å². The lowest BCUT2D eigenvalue weighted by atomic mass is 10.2. The molecule has 0 aliphatic rings. The van der Waals surface area contributed by atoms with Crippen molar-refractivity contribution in [1.29, 1.82) is 0 Å². The molecular weight excluding hydrogens is 292 g/mol. The van der Waals surface area contributed by atoms with Crippen molar-refractivity contribution in [2.75, 3.05) is 11.6 Å². The molecule has 0 aliphatic heterocycles. The summed E-state index contributed by atoms with van der Waals surface area (Å²) in [5.74, 6) is 0.121. The fourth-order valence-corrected chi connectivity index (χ4v) is 2.55. The minimum Gasteiger partial charge on any atom is -0.318 e. The van der Waals surface area contributed by atoms with E-state index in [4.69, 9.17) is 0 Å². The van der Waals surface area contributed by atoms with Crippen LogP contribution in [-0.2, 0) is 9.84 Å². The Bertz CT molecular complexity index is 765. The molecule has 112 valence electrons. The van der Waals surface area contributed by atoms with Crippen LogP contribution in [0, 0.1) is 0 Å². The Hall–Kier alpha value is -2.22. The van der Waals surface area contributed by atoms with Crippen LogP contribution < -0.4 is 5.32 Å². The van der Waals surface area contributed by atoms with Crippen LogP contribution in [-0.4, -0.2) is 35.8 Å². The maximum absolute atomic E-state index is 12.1. The summed E-state index contributed by atoms with van der Waals surface area (Å²) in [5, 5.41) is 9.03. The van der Waals surface area contributed by atoms with E-state index in [9.17, 15) is 13.2 Å². The molecular formula is C13H16N4O3S. The fourth-order valence-electron chi connectivity index (χ4n) is 1.71. The summed E-state index contributed by atoms with van der Waals surface area (Å²) in [4.78, 5) is 16.2. The Morgan fingerprint density at radius 2 is 1.95 bits per heavy atom. The lowest BCUT2D eigenvalue weighted by Crippen LogP contribution is -2.16. The molecule has 0 fully saturated rings. The number of H-pyrrole nitrogens is 1. The third-order valence-electron chi connectivity index (χ3n) is 2.79. The van der Waals surface area contributed by atoms with Crippen LogP contribution in [0.25, 0.3) is 0 Å². The molecule has 0 spiro atoms. The lowest BCUT2D eigenvalue weighted by Gasteiger charge is -2.07. The third kappa shape index (κ3) is 3.46. The van der Waals surface area contributed by atoms with Gasteiger partial charge in [0.1, 0.15) is 5.82 Å². The van der Waals surface area contributed by atoms with Crippen molar-refractivity contribution >= 4 is 21.4 Å². The molecule has 21 heavy (non-hydrogen) atoms. The zero-order valence-corrected chi connectivity index (χ0v) is 12.7. The van der Waals surface area contributed by atoms with Gasteiger partial charge in [0.15, 0.2) is 9.84 Å². The van der Waals surface area contributed by atoms with Gasteiger partial charge in [0.2, 0.25) is 5.82 Å². The molecule has 0 radical (unpaired) electrons. The molecule has 0 saturated heterocycles. The highest BCUT2D eigenvalue weighted by atomic mass is 32.2. The van der Waals surface area contributed by atoms with Gasteiger partial charge in [-0.05, 0) is 12.1 Å². The SMILES string of the molecule is CC(C)c1nc(C(=O)Nc2ccccc2S(C)(=O)=O)n[nH]1. The van der Waals surface area contributed by atoms with Crippen LogP contribution in [0.3, 0.4) is 0 Å². The summed E-state index contributed by atoms with van der Waals surface area (Å²) in [6, 6.07) is 6.18. The molecule has 8 heteroatoms. The number of aromatic nitrogens is 3. The van der Waals surface area contributed by atoms with Gasteiger partial charge in [-0.3, -0.25) is 9.89 Å². The van der Waals surface area contributed by atoms with E-state index in [1.165, 1.54) is 12.1 Å². The van der Waals surface area contributed by atoms with Crippen LogP contribution in [0.15, 0.2) is 29.2 Å². The average molecular weight is 308 g/mol. The second-order valence-electron chi connectivity index (χ2n) is 4.92. The van der Waals surface area contributed by atoms with E-state index in [1.807, 2.05) is 13.8 Å². The number of nitrogens with zero attached hydrogens (tertiary/aromatic N) is 2. The predicted molar refractivity (Wildman–Crippen MR) is 78.0 cm³/mol. The first kappa shape index (κ1) is 15.2. The first-order valence-electron chi connectivity index (χ1n) is 6.31. The van der Waals surface area contributed by atoms with Crippen LogP contribution in [0.5, 0.6) is 0 Å². The Kier molecular flexibility index (Phi) is 4.08. The summed E-state index contributed by atoms with van der Waals surface area (Å²) in [5.41, 5.74) is 0.209. The number of para-hydroxylation sites is 1. The highest BCUT2D eigenvalue weighted by Crippen LogP contribution is 2.21. The Labute approximate surface area is 122 Å². The number of carbonyl (C=O) groups excluding carboxylic acids is 1. The van der Waals surface area contributed by atoms with Gasteiger partial charge in [-0.1, -0.05) is 26.0 Å². The summed E-state index contributed by atoms with van der Waals surface area (Å²) in [7, 11) is -3.43. The minimum absolute atomic E-state index is 0.0259. The van der Waals surface area contributed by atoms with E-state index in [0.29, 0.717) is 5.82 Å². The number of anilines is 1. The van der Waals surface area contributed by atoms with E-state index < -0.39 is 15.7 Å². The molecule has 2 rings (SSSR count). The minimum atomic E-state index is -3.43. The lowest BCUT2D eigenvalue weighted by molar-refractivity contribution is 0.101. The number of carbonyl (C=O) groups is 1. The van der Waals surface area contributed by atoms with Gasteiger partial charge in [-0.15, -0.1) is 5.10 Å². The second kappa shape index (κ2) is 5.65. The number of rotatable bonds is 4. The molecule has 0 bridgehead atoms. The summed E-state index contributed by atoms with van der Waals surface area (Å²) in [6.45, 7) is 3.84. The van der Waals surface area contributed by atoms with Crippen LogP contribution >= 0.6 is 0 Å². The number of nitrogens with one attached hydrogen (secondary N) is 2. The maximum Gasteiger partial charge on any atom is 0.295 e. The number of aromatic amines is 1. The number of benzene rings is 1. The van der Waals surface area contributed by atoms with Crippen molar-refractivity contribution in [3.05, 3.63) is 35.9 Å². The van der Waals surface area contributed by atoms with Gasteiger partial charge < -0.3 is 5.32 Å². The van der Waals surface area contributed by atoms with Gasteiger partial charge in [-0.25, -0.2) is 13.4 Å². The van der Waals surface area contributed by atoms with Crippen LogP contribution in [0.1, 0.15) is 36.2 Å². The molecule has 0 saturated carbocycles. The maximum atomic E-state index is 12.1. The van der Waals surface area contributed by atoms with Gasteiger partial charge in [0.25, 0.3) is 5.91 Å². The van der Waals surface area contributed by atoms with Crippen LogP contribution in [0.4, 0.5) is 5.69 Å². The van der Waals surface area contributed by atoms with Gasteiger partial charge in [0, 0.05) is 12.2 Å². The summed E-state index contributed by atoms with van der Waals surface area (Å²) < 4.78 is 23.4. The van der Waals surface area contributed by atoms with E-state index in [2.05, 4.69) is 20.5 Å². The molecule has 2 aromatic rings. The number of sulfone groups is 1. The first-order valence-corrected chi connectivity index (χ1v) is 8.21. The number of hydrogen-bond acceptors (Lipinski definition) is 5. The van der Waals surface area contributed by atoms with E-state index in [1.54, 1.807) is 12.1 Å². The molecule has 2 N–H and O–H groups in total. The third-order valence-corrected chi connectivity index (χ3v) is 3.94. The van der Waals surface area contributed by atoms with Gasteiger partial charge in [0.05, 0.1) is 10.6 Å². The standard InChI is InChI=1S/C13H16N4O3S/c1-8(2)11-15-12(17-16-11)13(18)14-9-6-4-5-7-10(9)21(3,19)20/h4-8H,1-3H3,(H,14,18)(H,15,16,17). The van der Waals surface area contributed by atoms with Crippen molar-refractivity contribution in [3.8, 4) is 0 Å². The van der Waals surface area contributed by atoms with E-state index in [-0.39, 0.29) is 22.3 Å². The fraction of sp³-hybridized carbons (Fsp3) is 0.308. The molecule has 0 aliphatic carbocycles. The monoisotopic (exact) mass is 308 g/mol. The van der Waals surface area contributed by atoms with Crippen LogP contribution in [0.2, 0.25) is 0 Å². The Morgan fingerprint density at radius 1 is 1.29 bits per heavy atom. The predicted octanol–water partition coefficient (Wildman–Crippen LogP) is 1.58. The Morgan fingerprint density at radius 3 is 2.52 bits per heavy atom. The average Bonchev–Trinajstić information content (AvgIpc) is 2.88. The normalized spacial score (nSPS) is 11.6. The summed E-state index contributed by atoms with van der Waals surface area (Å²) >= 11 is 0. The summed E-state index contributed by atoms with van der Waals surface area (Å²) in [6.07, 6.45) is 1.08. The quantitative estimate of drug-likeness (QED) is 0.892. The molecule has 1 amide bonds.